The zero-order valence-corrected chi connectivity index (χ0v) is 15.9. The normalized spacial score (nSPS) is 19.3. The Kier molecular flexibility index (Phi) is 4.62. The molecule has 0 spiro atoms. The number of nitrogens with zero attached hydrogens (tertiary/aromatic N) is 2. The molecule has 0 fully saturated rings. The predicted molar refractivity (Wildman–Crippen MR) is 107 cm³/mol. The highest BCUT2D eigenvalue weighted by Gasteiger charge is 2.33. The molecule has 1 aliphatic rings. The molecule has 2 nitrogen and oxygen atoms in total. The van der Waals surface area contributed by atoms with Gasteiger partial charge in [0.05, 0.1) is 11.6 Å². The van der Waals surface area contributed by atoms with E-state index in [2.05, 4.69) is 57.0 Å². The third kappa shape index (κ3) is 3.43. The number of hydrogen-bond donors (Lipinski definition) is 0. The Balaban J connectivity index is 2.03. The fourth-order valence-corrected chi connectivity index (χ4v) is 3.88. The number of fused-ring (bicyclic) bond motifs is 1. The van der Waals surface area contributed by atoms with E-state index in [0.717, 1.165) is 17.5 Å². The number of allylic oxidation sites excluding steroid dienone is 1. The lowest BCUT2D eigenvalue weighted by molar-refractivity contribution is 0.395. The Bertz CT molecular complexity index is 874. The first-order valence-electron chi connectivity index (χ1n) is 8.57. The highest BCUT2D eigenvalue weighted by Crippen LogP contribution is 2.42. The van der Waals surface area contributed by atoms with Crippen molar-refractivity contribution in [1.29, 1.82) is 5.26 Å². The van der Waals surface area contributed by atoms with Crippen LogP contribution in [0.2, 0.25) is 5.02 Å². The highest BCUT2D eigenvalue weighted by atomic mass is 35.5. The van der Waals surface area contributed by atoms with Crippen LogP contribution in [0.3, 0.4) is 0 Å². The Morgan fingerprint density at radius 3 is 2.72 bits per heavy atom. The maximum absolute atomic E-state index is 9.56. The zero-order valence-electron chi connectivity index (χ0n) is 15.2. The van der Waals surface area contributed by atoms with Crippen molar-refractivity contribution in [2.45, 2.75) is 38.6 Å². The minimum absolute atomic E-state index is 0.155. The van der Waals surface area contributed by atoms with Crippen LogP contribution in [0, 0.1) is 11.3 Å². The van der Waals surface area contributed by atoms with Crippen molar-refractivity contribution in [3.63, 3.8) is 0 Å². The zero-order chi connectivity index (χ0) is 18.2. The van der Waals surface area contributed by atoms with Gasteiger partial charge in [0.25, 0.3) is 0 Å². The number of halogens is 1. The summed E-state index contributed by atoms with van der Waals surface area (Å²) in [6.45, 7) is 6.85. The largest absolute Gasteiger partial charge is 0.369 e. The second-order valence-corrected chi connectivity index (χ2v) is 7.91. The van der Waals surface area contributed by atoms with Crippen molar-refractivity contribution < 1.29 is 0 Å². The summed E-state index contributed by atoms with van der Waals surface area (Å²) in [5.41, 5.74) is 5.30. The third-order valence-electron chi connectivity index (χ3n) is 5.22. The quantitative estimate of drug-likeness (QED) is 0.481. The van der Waals surface area contributed by atoms with Crippen LogP contribution in [0.15, 0.2) is 42.5 Å². The molecule has 1 aliphatic heterocycles. The van der Waals surface area contributed by atoms with E-state index in [0.29, 0.717) is 16.5 Å². The van der Waals surface area contributed by atoms with Gasteiger partial charge in [-0.25, -0.2) is 0 Å². The van der Waals surface area contributed by atoms with Gasteiger partial charge in [0, 0.05) is 23.3 Å². The molecule has 25 heavy (non-hydrogen) atoms. The number of benzene rings is 2. The number of hydrogen-bond acceptors (Lipinski definition) is 2. The van der Waals surface area contributed by atoms with Crippen molar-refractivity contribution in [2.75, 3.05) is 11.9 Å². The minimum Gasteiger partial charge on any atom is -0.369 e. The van der Waals surface area contributed by atoms with Crippen LogP contribution in [-0.4, -0.2) is 12.6 Å². The van der Waals surface area contributed by atoms with Gasteiger partial charge in [0.15, 0.2) is 0 Å². The average Bonchev–Trinajstić information content (AvgIpc) is 2.57. The lowest BCUT2D eigenvalue weighted by Crippen LogP contribution is -2.45. The summed E-state index contributed by atoms with van der Waals surface area (Å²) in [6, 6.07) is 16.2. The van der Waals surface area contributed by atoms with Crippen LogP contribution in [0.5, 0.6) is 0 Å². The maximum Gasteiger partial charge on any atom is 0.0998 e. The fourth-order valence-electron chi connectivity index (χ4n) is 3.69. The molecule has 0 amide bonds. The molecule has 3 rings (SSSR count). The molecule has 0 saturated heterocycles. The van der Waals surface area contributed by atoms with Gasteiger partial charge >= 0.3 is 0 Å². The van der Waals surface area contributed by atoms with Gasteiger partial charge in [-0.3, -0.25) is 0 Å². The SMILES string of the molecule is C[C@@H]1CC(C)(C)N(C)c2ccc(/C=C(/C#N)c3cccc(Cl)c3)cc21. The predicted octanol–water partition coefficient (Wildman–Crippen LogP) is 6.13. The summed E-state index contributed by atoms with van der Waals surface area (Å²) in [7, 11) is 2.16. The summed E-state index contributed by atoms with van der Waals surface area (Å²) in [4.78, 5) is 2.36. The lowest BCUT2D eigenvalue weighted by atomic mass is 9.80. The van der Waals surface area contributed by atoms with Crippen LogP contribution < -0.4 is 4.90 Å². The molecule has 128 valence electrons. The first-order chi connectivity index (χ1) is 11.8. The molecule has 1 heterocycles. The summed E-state index contributed by atoms with van der Waals surface area (Å²) in [5.74, 6) is 0.492. The number of nitriles is 1. The van der Waals surface area contributed by atoms with E-state index in [9.17, 15) is 5.26 Å². The van der Waals surface area contributed by atoms with E-state index in [-0.39, 0.29) is 5.54 Å². The van der Waals surface area contributed by atoms with E-state index in [1.165, 1.54) is 11.3 Å². The van der Waals surface area contributed by atoms with E-state index in [1.807, 2.05) is 30.3 Å². The van der Waals surface area contributed by atoms with Gasteiger partial charge in [-0.05, 0) is 73.2 Å². The molecule has 0 bridgehead atoms. The van der Waals surface area contributed by atoms with Gasteiger partial charge in [0.1, 0.15) is 0 Å². The summed E-state index contributed by atoms with van der Waals surface area (Å²) in [6.07, 6.45) is 3.06. The molecule has 3 heteroatoms. The molecule has 2 aromatic carbocycles. The molecule has 0 unspecified atom stereocenters. The van der Waals surface area contributed by atoms with Crippen molar-refractivity contribution in [1.82, 2.24) is 0 Å². The molecule has 2 aromatic rings. The fraction of sp³-hybridized carbons (Fsp3) is 0.318. The molecule has 0 aliphatic carbocycles. The summed E-state index contributed by atoms with van der Waals surface area (Å²) < 4.78 is 0. The summed E-state index contributed by atoms with van der Waals surface area (Å²) >= 11 is 6.06. The molecular formula is C22H23ClN2. The van der Waals surface area contributed by atoms with Gasteiger partial charge in [-0.1, -0.05) is 36.7 Å². The standard InChI is InChI=1S/C22H23ClN2/c1-15-13-22(2,3)25(4)21-9-8-16(11-20(15)21)10-18(14-24)17-6-5-7-19(23)12-17/h5-12,15H,13H2,1-4H3/b18-10-/t15-/m1/s1. The average molecular weight is 351 g/mol. The van der Waals surface area contributed by atoms with Crippen LogP contribution in [0.1, 0.15) is 49.8 Å². The first kappa shape index (κ1) is 17.6. The maximum atomic E-state index is 9.56. The van der Waals surface area contributed by atoms with Gasteiger partial charge < -0.3 is 4.90 Å². The second-order valence-electron chi connectivity index (χ2n) is 7.48. The van der Waals surface area contributed by atoms with Crippen LogP contribution >= 0.6 is 11.6 Å². The van der Waals surface area contributed by atoms with E-state index < -0.39 is 0 Å². The Hall–Kier alpha value is -2.24. The van der Waals surface area contributed by atoms with E-state index in [1.54, 1.807) is 0 Å². The third-order valence-corrected chi connectivity index (χ3v) is 5.46. The van der Waals surface area contributed by atoms with Crippen LogP contribution in [0.25, 0.3) is 11.6 Å². The van der Waals surface area contributed by atoms with Crippen molar-refractivity contribution in [3.8, 4) is 6.07 Å². The number of rotatable bonds is 2. The molecule has 1 atom stereocenters. The second kappa shape index (κ2) is 6.58. The van der Waals surface area contributed by atoms with Gasteiger partial charge in [-0.2, -0.15) is 5.26 Å². The van der Waals surface area contributed by atoms with Crippen molar-refractivity contribution in [2.24, 2.45) is 0 Å². The van der Waals surface area contributed by atoms with E-state index >= 15 is 0 Å². The first-order valence-corrected chi connectivity index (χ1v) is 8.95. The summed E-state index contributed by atoms with van der Waals surface area (Å²) in [5, 5.41) is 10.2. The lowest BCUT2D eigenvalue weighted by Gasteiger charge is -2.45. The molecular weight excluding hydrogens is 328 g/mol. The Labute approximate surface area is 155 Å². The van der Waals surface area contributed by atoms with Crippen molar-refractivity contribution >= 4 is 28.9 Å². The molecule has 0 saturated carbocycles. The Morgan fingerprint density at radius 2 is 2.04 bits per heavy atom. The van der Waals surface area contributed by atoms with Gasteiger partial charge in [-0.15, -0.1) is 0 Å². The van der Waals surface area contributed by atoms with Crippen LogP contribution in [0.4, 0.5) is 5.69 Å². The molecule has 0 aromatic heterocycles. The monoisotopic (exact) mass is 350 g/mol. The van der Waals surface area contributed by atoms with Crippen molar-refractivity contribution in [3.05, 3.63) is 64.2 Å². The molecule has 0 radical (unpaired) electrons. The minimum atomic E-state index is 0.155. The van der Waals surface area contributed by atoms with Gasteiger partial charge in [0.2, 0.25) is 0 Å². The Morgan fingerprint density at radius 1 is 1.28 bits per heavy atom. The van der Waals surface area contributed by atoms with E-state index in [4.69, 9.17) is 11.6 Å². The topological polar surface area (TPSA) is 27.0 Å². The molecule has 0 N–H and O–H groups in total. The number of anilines is 1. The highest BCUT2D eigenvalue weighted by molar-refractivity contribution is 6.30. The van der Waals surface area contributed by atoms with Crippen LogP contribution in [-0.2, 0) is 0 Å². The smallest absolute Gasteiger partial charge is 0.0998 e.